The van der Waals surface area contributed by atoms with Crippen molar-refractivity contribution in [2.75, 3.05) is 7.11 Å². The van der Waals surface area contributed by atoms with E-state index in [0.717, 1.165) is 22.4 Å². The summed E-state index contributed by atoms with van der Waals surface area (Å²) in [6.07, 6.45) is 5.23. The Morgan fingerprint density at radius 1 is 0.958 bits per heavy atom. The zero-order valence-electron chi connectivity index (χ0n) is 13.5. The molecule has 0 fully saturated rings. The molecule has 0 atom stereocenters. The number of benzene rings is 2. The van der Waals surface area contributed by atoms with Crippen LogP contribution in [0.3, 0.4) is 0 Å². The molecule has 1 aliphatic heterocycles. The number of nitrogens with zero attached hydrogens (tertiary/aromatic N) is 1. The van der Waals surface area contributed by atoms with Crippen LogP contribution in [0.5, 0.6) is 5.75 Å². The van der Waals surface area contributed by atoms with E-state index in [2.05, 4.69) is 4.99 Å². The first-order valence-corrected chi connectivity index (χ1v) is 7.55. The summed E-state index contributed by atoms with van der Waals surface area (Å²) in [6.45, 7) is 2.01. The molecule has 1 heterocycles. The summed E-state index contributed by atoms with van der Waals surface area (Å²) in [6, 6.07) is 15.4. The van der Waals surface area contributed by atoms with E-state index in [4.69, 9.17) is 9.47 Å². The van der Waals surface area contributed by atoms with Gasteiger partial charge in [0.15, 0.2) is 5.70 Å². The number of hydrogen-bond acceptors (Lipinski definition) is 4. The normalized spacial score (nSPS) is 15.7. The largest absolute Gasteiger partial charge is 0.497 e. The maximum atomic E-state index is 11.9. The number of aryl methyl sites for hydroxylation is 1. The molecule has 120 valence electrons. The maximum absolute atomic E-state index is 11.9. The zero-order chi connectivity index (χ0) is 16.9. The molecule has 4 nitrogen and oxygen atoms in total. The van der Waals surface area contributed by atoms with Crippen molar-refractivity contribution >= 4 is 24.0 Å². The SMILES string of the molecule is COc1ccc(C=CC2=NC(=Cc3ccc(C)cc3)C(=O)O2)cc1. The molecule has 4 heteroatoms. The lowest BCUT2D eigenvalue weighted by atomic mass is 10.1. The summed E-state index contributed by atoms with van der Waals surface area (Å²) < 4.78 is 10.3. The molecule has 0 saturated carbocycles. The molecule has 0 amide bonds. The summed E-state index contributed by atoms with van der Waals surface area (Å²) in [7, 11) is 1.62. The molecule has 1 aliphatic rings. The van der Waals surface area contributed by atoms with Gasteiger partial charge in [-0.2, -0.15) is 0 Å². The Hall–Kier alpha value is -3.14. The van der Waals surface area contributed by atoms with Gasteiger partial charge >= 0.3 is 5.97 Å². The highest BCUT2D eigenvalue weighted by Gasteiger charge is 2.20. The van der Waals surface area contributed by atoms with Crippen LogP contribution in [0.2, 0.25) is 0 Å². The smallest absolute Gasteiger partial charge is 0.363 e. The zero-order valence-corrected chi connectivity index (χ0v) is 13.5. The molecule has 0 saturated heterocycles. The van der Waals surface area contributed by atoms with E-state index in [1.165, 1.54) is 0 Å². The fourth-order valence-corrected chi connectivity index (χ4v) is 2.20. The molecule has 0 spiro atoms. The number of cyclic esters (lactones) is 1. The first-order valence-electron chi connectivity index (χ1n) is 7.55. The predicted octanol–water partition coefficient (Wildman–Crippen LogP) is 4.01. The number of carbonyl (C=O) groups is 1. The molecular weight excluding hydrogens is 302 g/mol. The van der Waals surface area contributed by atoms with Gasteiger partial charge in [0.1, 0.15) is 5.75 Å². The molecule has 24 heavy (non-hydrogen) atoms. The van der Waals surface area contributed by atoms with E-state index in [-0.39, 0.29) is 5.90 Å². The standard InChI is InChI=1S/C20H17NO3/c1-14-3-5-16(6-4-14)13-18-20(22)24-19(21-18)12-9-15-7-10-17(23-2)11-8-15/h3-13H,1-2H3. The highest BCUT2D eigenvalue weighted by molar-refractivity contribution is 6.11. The lowest BCUT2D eigenvalue weighted by Crippen LogP contribution is -2.01. The average molecular weight is 319 g/mol. The maximum Gasteiger partial charge on any atom is 0.363 e. The number of carbonyl (C=O) groups excluding carboxylic acids is 1. The monoisotopic (exact) mass is 319 g/mol. The van der Waals surface area contributed by atoms with Gasteiger partial charge in [0.25, 0.3) is 0 Å². The fourth-order valence-electron chi connectivity index (χ4n) is 2.20. The summed E-state index contributed by atoms with van der Waals surface area (Å²) in [5.74, 6) is 0.638. The first-order chi connectivity index (χ1) is 11.6. The van der Waals surface area contributed by atoms with Gasteiger partial charge in [0, 0.05) is 6.08 Å². The van der Waals surface area contributed by atoms with Gasteiger partial charge in [-0.25, -0.2) is 9.79 Å². The Labute approximate surface area is 140 Å². The molecule has 3 rings (SSSR count). The van der Waals surface area contributed by atoms with Crippen LogP contribution in [0, 0.1) is 6.92 Å². The second-order valence-electron chi connectivity index (χ2n) is 5.39. The molecule has 0 unspecified atom stereocenters. The van der Waals surface area contributed by atoms with E-state index in [1.807, 2.05) is 61.5 Å². The Bertz CT molecular complexity index is 828. The van der Waals surface area contributed by atoms with Gasteiger partial charge in [-0.05, 0) is 42.3 Å². The van der Waals surface area contributed by atoms with Crippen LogP contribution in [0.1, 0.15) is 16.7 Å². The van der Waals surface area contributed by atoms with Gasteiger partial charge in [-0.3, -0.25) is 0 Å². The molecular formula is C20H17NO3. The number of methoxy groups -OCH3 is 1. The van der Waals surface area contributed by atoms with E-state index in [0.29, 0.717) is 5.70 Å². The second-order valence-corrected chi connectivity index (χ2v) is 5.39. The highest BCUT2D eigenvalue weighted by atomic mass is 16.6. The average Bonchev–Trinajstić information content (AvgIpc) is 2.95. The lowest BCUT2D eigenvalue weighted by Gasteiger charge is -1.98. The first kappa shape index (κ1) is 15.7. The van der Waals surface area contributed by atoms with E-state index >= 15 is 0 Å². The topological polar surface area (TPSA) is 47.9 Å². The van der Waals surface area contributed by atoms with Crippen molar-refractivity contribution in [1.82, 2.24) is 0 Å². The van der Waals surface area contributed by atoms with Crippen LogP contribution in [0.25, 0.3) is 12.2 Å². The fraction of sp³-hybridized carbons (Fsp3) is 0.100. The van der Waals surface area contributed by atoms with Crippen LogP contribution >= 0.6 is 0 Å². The van der Waals surface area contributed by atoms with Gasteiger partial charge < -0.3 is 9.47 Å². The van der Waals surface area contributed by atoms with Gasteiger partial charge in [0.05, 0.1) is 7.11 Å². The molecule has 2 aromatic carbocycles. The highest BCUT2D eigenvalue weighted by Crippen LogP contribution is 2.17. The number of esters is 1. The second kappa shape index (κ2) is 6.96. The van der Waals surface area contributed by atoms with Crippen LogP contribution in [-0.2, 0) is 9.53 Å². The van der Waals surface area contributed by atoms with Crippen LogP contribution in [-0.4, -0.2) is 19.0 Å². The van der Waals surface area contributed by atoms with E-state index in [9.17, 15) is 4.79 Å². The molecule has 0 N–H and O–H groups in total. The number of ether oxygens (including phenoxy) is 2. The minimum absolute atomic E-state index is 0.286. The molecule has 0 bridgehead atoms. The number of rotatable bonds is 4. The van der Waals surface area contributed by atoms with Crippen molar-refractivity contribution in [2.24, 2.45) is 4.99 Å². The summed E-state index contributed by atoms with van der Waals surface area (Å²) in [5.41, 5.74) is 3.34. The Kier molecular flexibility index (Phi) is 4.57. The molecule has 0 aliphatic carbocycles. The Morgan fingerprint density at radius 2 is 1.62 bits per heavy atom. The Balaban J connectivity index is 1.75. The molecule has 2 aromatic rings. The van der Waals surface area contributed by atoms with Crippen LogP contribution in [0.4, 0.5) is 0 Å². The van der Waals surface area contributed by atoms with Crippen molar-refractivity contribution in [1.29, 1.82) is 0 Å². The number of aliphatic imine (C=N–C) groups is 1. The molecule has 0 radical (unpaired) electrons. The van der Waals surface area contributed by atoms with Crippen molar-refractivity contribution in [3.05, 3.63) is 77.0 Å². The summed E-state index contributed by atoms with van der Waals surface area (Å²) in [4.78, 5) is 16.1. The van der Waals surface area contributed by atoms with Crippen molar-refractivity contribution < 1.29 is 14.3 Å². The third-order valence-corrected chi connectivity index (χ3v) is 3.55. The third-order valence-electron chi connectivity index (χ3n) is 3.55. The van der Waals surface area contributed by atoms with Crippen LogP contribution < -0.4 is 4.74 Å². The number of hydrogen-bond donors (Lipinski definition) is 0. The van der Waals surface area contributed by atoms with Gasteiger partial charge in [0.2, 0.25) is 5.90 Å². The van der Waals surface area contributed by atoms with Crippen LogP contribution in [0.15, 0.2) is 65.3 Å². The predicted molar refractivity (Wildman–Crippen MR) is 94.7 cm³/mol. The van der Waals surface area contributed by atoms with Crippen molar-refractivity contribution in [2.45, 2.75) is 6.92 Å². The minimum Gasteiger partial charge on any atom is -0.497 e. The Morgan fingerprint density at radius 3 is 2.29 bits per heavy atom. The van der Waals surface area contributed by atoms with E-state index in [1.54, 1.807) is 19.3 Å². The van der Waals surface area contributed by atoms with Crippen molar-refractivity contribution in [3.8, 4) is 5.75 Å². The van der Waals surface area contributed by atoms with Gasteiger partial charge in [-0.1, -0.05) is 42.0 Å². The third kappa shape index (κ3) is 3.79. The molecule has 0 aromatic heterocycles. The summed E-state index contributed by atoms with van der Waals surface area (Å²) in [5, 5.41) is 0. The lowest BCUT2D eigenvalue weighted by molar-refractivity contribution is -0.129. The van der Waals surface area contributed by atoms with Crippen molar-refractivity contribution in [3.63, 3.8) is 0 Å². The van der Waals surface area contributed by atoms with E-state index < -0.39 is 5.97 Å². The summed E-state index contributed by atoms with van der Waals surface area (Å²) >= 11 is 0. The van der Waals surface area contributed by atoms with Gasteiger partial charge in [-0.15, -0.1) is 0 Å². The quantitative estimate of drug-likeness (QED) is 0.632. The minimum atomic E-state index is -0.440.